The number of hydrogen-bond donors (Lipinski definition) is 2. The molecule has 4 fully saturated rings. The highest BCUT2D eigenvalue weighted by Gasteiger charge is 2.51. The number of carbonyl (C=O) groups is 3. The van der Waals surface area contributed by atoms with Gasteiger partial charge in [-0.05, 0) is 73.5 Å². The minimum atomic E-state index is -0.601. The molecule has 0 radical (unpaired) electrons. The Balaban J connectivity index is 0.000000168. The molecule has 56 heavy (non-hydrogen) atoms. The molecule has 2 amide bonds. The van der Waals surface area contributed by atoms with Crippen molar-refractivity contribution in [3.05, 3.63) is 130 Å². The number of nitrogens with one attached hydrogen (secondary N) is 2. The van der Waals surface area contributed by atoms with E-state index in [1.165, 1.54) is 45.5 Å². The maximum atomic E-state index is 14.7. The Morgan fingerprint density at radius 2 is 1.30 bits per heavy atom. The molecule has 2 N–H and O–H groups in total. The molecule has 0 bridgehead atoms. The van der Waals surface area contributed by atoms with E-state index in [1.54, 1.807) is 21.9 Å². The van der Waals surface area contributed by atoms with E-state index in [1.807, 2.05) is 62.4 Å². The number of urea groups is 1. The second-order valence-corrected chi connectivity index (χ2v) is 15.0. The van der Waals surface area contributed by atoms with E-state index >= 15 is 0 Å². The maximum Gasteiger partial charge on any atom is 0.337 e. The zero-order valence-corrected chi connectivity index (χ0v) is 32.2. The van der Waals surface area contributed by atoms with Crippen molar-refractivity contribution >= 4 is 29.3 Å². The fourth-order valence-corrected chi connectivity index (χ4v) is 6.76. The summed E-state index contributed by atoms with van der Waals surface area (Å²) in [7, 11) is 2.52. The number of benzene rings is 4. The molecule has 8 rings (SSSR count). The number of esters is 2. The highest BCUT2D eigenvalue weighted by atomic mass is 19.1. The van der Waals surface area contributed by atoms with Gasteiger partial charge in [0.05, 0.1) is 63.7 Å². The zero-order chi connectivity index (χ0) is 39.9. The van der Waals surface area contributed by atoms with Crippen molar-refractivity contribution in [1.29, 1.82) is 0 Å². The minimum Gasteiger partial charge on any atom is -0.465 e. The van der Waals surface area contributed by atoms with Gasteiger partial charge in [0.1, 0.15) is 11.6 Å². The summed E-state index contributed by atoms with van der Waals surface area (Å²) in [6.07, 6.45) is 0. The van der Waals surface area contributed by atoms with Gasteiger partial charge in [0.15, 0.2) is 0 Å². The molecule has 2 spiro atoms. The first kappa shape index (κ1) is 40.3. The fraction of sp³-hybridized carbons (Fsp3) is 0.372. The Bertz CT molecular complexity index is 2020. The van der Waals surface area contributed by atoms with Gasteiger partial charge < -0.3 is 34.5 Å². The summed E-state index contributed by atoms with van der Waals surface area (Å²) in [5, 5.41) is 6.37. The molecule has 4 aromatic carbocycles. The van der Waals surface area contributed by atoms with Crippen molar-refractivity contribution in [2.45, 2.75) is 26.9 Å². The normalized spacial score (nSPS) is 16.6. The summed E-state index contributed by atoms with van der Waals surface area (Å²) in [6, 6.07) is 23.8. The Labute approximate surface area is 325 Å². The molecule has 0 aromatic heterocycles. The number of aryl methyl sites for hydroxylation is 2. The van der Waals surface area contributed by atoms with Crippen LogP contribution in [-0.4, -0.2) is 89.7 Å². The molecule has 4 saturated heterocycles. The van der Waals surface area contributed by atoms with Gasteiger partial charge in [0.2, 0.25) is 0 Å². The number of ether oxygens (including phenoxy) is 4. The predicted molar refractivity (Wildman–Crippen MR) is 208 cm³/mol. The van der Waals surface area contributed by atoms with E-state index in [0.29, 0.717) is 55.1 Å². The van der Waals surface area contributed by atoms with Gasteiger partial charge in [-0.1, -0.05) is 36.4 Å². The monoisotopic (exact) mass is 770 g/mol. The molecule has 13 heteroatoms. The van der Waals surface area contributed by atoms with Gasteiger partial charge in [0.25, 0.3) is 0 Å². The maximum absolute atomic E-state index is 14.7. The zero-order valence-electron chi connectivity index (χ0n) is 32.2. The van der Waals surface area contributed by atoms with Gasteiger partial charge in [-0.15, -0.1) is 0 Å². The molecule has 0 unspecified atom stereocenters. The van der Waals surface area contributed by atoms with Crippen LogP contribution in [0.4, 0.5) is 25.0 Å². The molecule has 0 saturated carbocycles. The number of hydrogen-bond acceptors (Lipinski definition) is 9. The molecular formula is C43H48F2N4O7. The summed E-state index contributed by atoms with van der Waals surface area (Å²) in [5.74, 6) is -2.11. The van der Waals surface area contributed by atoms with Crippen LogP contribution in [0, 0.1) is 36.3 Å². The predicted octanol–water partition coefficient (Wildman–Crippen LogP) is 6.52. The lowest BCUT2D eigenvalue weighted by Crippen LogP contribution is -2.68. The highest BCUT2D eigenvalue weighted by molar-refractivity contribution is 5.93. The number of nitrogens with zero attached hydrogens (tertiary/aromatic N) is 2. The van der Waals surface area contributed by atoms with Crippen molar-refractivity contribution in [3.8, 4) is 0 Å². The van der Waals surface area contributed by atoms with Crippen LogP contribution in [0.3, 0.4) is 0 Å². The van der Waals surface area contributed by atoms with E-state index in [0.717, 1.165) is 36.1 Å². The van der Waals surface area contributed by atoms with Crippen molar-refractivity contribution in [2.75, 3.05) is 77.0 Å². The van der Waals surface area contributed by atoms with Gasteiger partial charge in [-0.3, -0.25) is 4.90 Å². The molecule has 4 aromatic rings. The van der Waals surface area contributed by atoms with Crippen LogP contribution in [0.5, 0.6) is 0 Å². The summed E-state index contributed by atoms with van der Waals surface area (Å²) in [5.41, 5.74) is 5.67. The van der Waals surface area contributed by atoms with Crippen molar-refractivity contribution < 1.29 is 42.1 Å². The fourth-order valence-electron chi connectivity index (χ4n) is 6.76. The SMILES string of the molecule is C1NCC12COC2.COC(=O)c1ccc(CN(C(=O)N2CC3(COC3)C2)c2cccc(C)c2)c(F)c1.COC(=O)c1ccc(CNc2cccc(C)c2)c(F)c1. The van der Waals surface area contributed by atoms with Crippen LogP contribution in [0.1, 0.15) is 43.0 Å². The molecule has 4 aliphatic heterocycles. The van der Waals surface area contributed by atoms with E-state index in [-0.39, 0.29) is 29.1 Å². The number of carbonyl (C=O) groups excluding carboxylic acids is 3. The van der Waals surface area contributed by atoms with Gasteiger partial charge in [0, 0.05) is 60.6 Å². The molecule has 296 valence electrons. The third-order valence-corrected chi connectivity index (χ3v) is 10.3. The molecule has 0 atom stereocenters. The Morgan fingerprint density at radius 3 is 1.75 bits per heavy atom. The quantitative estimate of drug-likeness (QED) is 0.193. The van der Waals surface area contributed by atoms with Gasteiger partial charge in [-0.2, -0.15) is 0 Å². The topological polar surface area (TPSA) is 119 Å². The second-order valence-electron chi connectivity index (χ2n) is 15.0. The molecule has 4 heterocycles. The minimum absolute atomic E-state index is 0.0651. The van der Waals surface area contributed by atoms with Crippen molar-refractivity contribution in [1.82, 2.24) is 10.2 Å². The molecule has 0 aliphatic carbocycles. The summed E-state index contributed by atoms with van der Waals surface area (Å²) in [6.45, 7) is 11.4. The summed E-state index contributed by atoms with van der Waals surface area (Å²) < 4.78 is 48.1. The standard InChI is InChI=1S/C22H23FN2O4.C16H16FNO2.C5H9NO/c1-15-4-3-5-18(8-15)25(21(27)24-11-22(12-24)13-29-14-22)10-17-7-6-16(9-19(17)23)20(26)28-2;1-11-4-3-5-14(8-11)18-10-13-7-6-12(9-15(13)17)16(19)20-2;1-5(2-6-1)3-7-4-5/h3-9H,10-14H2,1-2H3;3-9,18H,10H2,1-2H3;6H,1-4H2. The number of halogens is 2. The molecule has 11 nitrogen and oxygen atoms in total. The number of anilines is 2. The number of amides is 2. The lowest BCUT2D eigenvalue weighted by molar-refractivity contribution is -0.174. The van der Waals surface area contributed by atoms with E-state index < -0.39 is 23.6 Å². The first-order valence-electron chi connectivity index (χ1n) is 18.5. The summed E-state index contributed by atoms with van der Waals surface area (Å²) in [4.78, 5) is 39.5. The van der Waals surface area contributed by atoms with Crippen LogP contribution >= 0.6 is 0 Å². The van der Waals surface area contributed by atoms with Crippen LogP contribution < -0.4 is 15.5 Å². The van der Waals surface area contributed by atoms with Gasteiger partial charge in [-0.25, -0.2) is 23.2 Å². The Kier molecular flexibility index (Phi) is 12.7. The third-order valence-electron chi connectivity index (χ3n) is 10.3. The van der Waals surface area contributed by atoms with Crippen LogP contribution in [0.25, 0.3) is 0 Å². The van der Waals surface area contributed by atoms with Crippen LogP contribution in [-0.2, 0) is 32.0 Å². The Hall–Kier alpha value is -5.37. The van der Waals surface area contributed by atoms with Crippen molar-refractivity contribution in [2.24, 2.45) is 10.8 Å². The highest BCUT2D eigenvalue weighted by Crippen LogP contribution is 2.39. The van der Waals surface area contributed by atoms with E-state index in [4.69, 9.17) is 9.47 Å². The van der Waals surface area contributed by atoms with E-state index in [9.17, 15) is 23.2 Å². The average Bonchev–Trinajstić information content (AvgIpc) is 3.11. The van der Waals surface area contributed by atoms with Gasteiger partial charge >= 0.3 is 18.0 Å². The molecule has 4 aliphatic rings. The largest absolute Gasteiger partial charge is 0.465 e. The first-order valence-corrected chi connectivity index (χ1v) is 18.5. The second kappa shape index (κ2) is 17.6. The number of rotatable bonds is 8. The van der Waals surface area contributed by atoms with Crippen molar-refractivity contribution in [3.63, 3.8) is 0 Å². The first-order chi connectivity index (χ1) is 26.9. The van der Waals surface area contributed by atoms with Crippen LogP contribution in [0.15, 0.2) is 84.9 Å². The van der Waals surface area contributed by atoms with Crippen LogP contribution in [0.2, 0.25) is 0 Å². The smallest absolute Gasteiger partial charge is 0.337 e. The number of likely N-dealkylation sites (tertiary alicyclic amines) is 1. The van der Waals surface area contributed by atoms with E-state index in [2.05, 4.69) is 20.1 Å². The summed E-state index contributed by atoms with van der Waals surface area (Å²) >= 11 is 0. The molecular weight excluding hydrogens is 722 g/mol. The number of methoxy groups -OCH3 is 2. The Morgan fingerprint density at radius 1 is 0.750 bits per heavy atom. The lowest BCUT2D eigenvalue weighted by Gasteiger charge is -2.55. The lowest BCUT2D eigenvalue weighted by atomic mass is 9.78. The average molecular weight is 771 g/mol. The third kappa shape index (κ3) is 9.52.